The number of halogens is 3. The summed E-state index contributed by atoms with van der Waals surface area (Å²) in [5.74, 6) is 1.57. The van der Waals surface area contributed by atoms with Crippen molar-refractivity contribution in [2.75, 3.05) is 11.9 Å². The highest BCUT2D eigenvalue weighted by molar-refractivity contribution is 5.85. The van der Waals surface area contributed by atoms with Crippen molar-refractivity contribution in [2.24, 2.45) is 7.05 Å². The molecule has 1 aliphatic heterocycles. The lowest BCUT2D eigenvalue weighted by molar-refractivity contribution is -0.137. The Kier molecular flexibility index (Phi) is 6.36. The number of aryl methyl sites for hydroxylation is 1. The van der Waals surface area contributed by atoms with Gasteiger partial charge in [-0.05, 0) is 55.3 Å². The monoisotopic (exact) mass is 496 g/mol. The topological polar surface area (TPSA) is 78.3 Å². The Morgan fingerprint density at radius 1 is 1.14 bits per heavy atom. The number of ether oxygens (including phenoxy) is 2. The number of pyridine rings is 1. The van der Waals surface area contributed by atoms with Crippen molar-refractivity contribution < 1.29 is 27.4 Å². The first-order valence-corrected chi connectivity index (χ1v) is 11.4. The van der Waals surface area contributed by atoms with Crippen LogP contribution in [0.2, 0.25) is 0 Å². The predicted molar refractivity (Wildman–Crippen MR) is 127 cm³/mol. The van der Waals surface area contributed by atoms with Crippen LogP contribution in [-0.2, 0) is 29.2 Å². The van der Waals surface area contributed by atoms with Crippen LogP contribution in [0.4, 0.5) is 24.8 Å². The molecule has 186 valence electrons. The van der Waals surface area contributed by atoms with Crippen molar-refractivity contribution in [3.05, 3.63) is 72.1 Å². The van der Waals surface area contributed by atoms with Gasteiger partial charge in [0.05, 0.1) is 28.7 Å². The number of hydrogen-bond donors (Lipinski definition) is 1. The molecule has 2 aromatic carbocycles. The predicted octanol–water partition coefficient (Wildman–Crippen LogP) is 5.81. The van der Waals surface area contributed by atoms with E-state index >= 15 is 0 Å². The fourth-order valence-corrected chi connectivity index (χ4v) is 4.10. The summed E-state index contributed by atoms with van der Waals surface area (Å²) in [5, 5.41) is 3.05. The second kappa shape index (κ2) is 9.62. The van der Waals surface area contributed by atoms with Crippen molar-refractivity contribution in [1.82, 2.24) is 14.5 Å². The van der Waals surface area contributed by atoms with Crippen molar-refractivity contribution in [2.45, 2.75) is 31.5 Å². The fourth-order valence-electron chi connectivity index (χ4n) is 4.10. The number of nitrogens with one attached hydrogen (secondary N) is 1. The number of carbonyl (C=O) groups excluding carboxylic acids is 1. The van der Waals surface area contributed by atoms with Gasteiger partial charge in [-0.1, -0.05) is 0 Å². The molecule has 7 nitrogen and oxygen atoms in total. The zero-order chi connectivity index (χ0) is 25.3. The van der Waals surface area contributed by atoms with E-state index in [1.807, 2.05) is 13.1 Å². The minimum atomic E-state index is -4.39. The number of imidazole rings is 1. The van der Waals surface area contributed by atoms with E-state index in [0.29, 0.717) is 41.0 Å². The lowest BCUT2D eigenvalue weighted by Gasteiger charge is -2.10. The van der Waals surface area contributed by atoms with Gasteiger partial charge in [0.15, 0.2) is 5.78 Å². The van der Waals surface area contributed by atoms with Gasteiger partial charge in [-0.15, -0.1) is 0 Å². The van der Waals surface area contributed by atoms with Crippen LogP contribution >= 0.6 is 0 Å². The van der Waals surface area contributed by atoms with Crippen LogP contribution in [0, 0.1) is 0 Å². The van der Waals surface area contributed by atoms with Crippen LogP contribution in [0.5, 0.6) is 11.5 Å². The van der Waals surface area contributed by atoms with E-state index in [2.05, 4.69) is 15.3 Å². The molecule has 4 aromatic rings. The first kappa shape index (κ1) is 23.8. The molecule has 1 unspecified atom stereocenters. The van der Waals surface area contributed by atoms with Gasteiger partial charge >= 0.3 is 6.18 Å². The Balaban J connectivity index is 1.30. The number of alkyl halides is 3. The number of anilines is 2. The maximum absolute atomic E-state index is 12.8. The lowest BCUT2D eigenvalue weighted by Crippen LogP contribution is -2.21. The Morgan fingerprint density at radius 2 is 1.92 bits per heavy atom. The first-order chi connectivity index (χ1) is 17.3. The number of nitrogens with zero attached hydrogens (tertiary/aromatic N) is 3. The first-order valence-electron chi connectivity index (χ1n) is 11.4. The molecule has 36 heavy (non-hydrogen) atoms. The molecule has 2 aromatic heterocycles. The minimum absolute atomic E-state index is 0.0140. The number of rotatable bonds is 7. The van der Waals surface area contributed by atoms with Crippen LogP contribution in [-0.4, -0.2) is 33.0 Å². The average Bonchev–Trinajstić information content (AvgIpc) is 3.48. The molecule has 0 aliphatic carbocycles. The average molecular weight is 496 g/mol. The third-order valence-electron chi connectivity index (χ3n) is 5.99. The molecule has 0 radical (unpaired) electrons. The van der Waals surface area contributed by atoms with Gasteiger partial charge in [-0.25, -0.2) is 4.98 Å². The van der Waals surface area contributed by atoms with Gasteiger partial charge < -0.3 is 19.4 Å². The molecular formula is C26H23F3N4O3. The number of Topliss-reactive ketones (excluding diaryl/α,β-unsaturated/α-hetero) is 1. The summed E-state index contributed by atoms with van der Waals surface area (Å²) in [6, 6.07) is 13.6. The molecule has 0 saturated carbocycles. The van der Waals surface area contributed by atoms with Crippen molar-refractivity contribution >= 4 is 28.5 Å². The minimum Gasteiger partial charge on any atom is -0.457 e. The van der Waals surface area contributed by atoms with Gasteiger partial charge in [-0.3, -0.25) is 9.78 Å². The second-order valence-electron chi connectivity index (χ2n) is 8.57. The summed E-state index contributed by atoms with van der Waals surface area (Å²) in [6.07, 6.45) is -1.32. The van der Waals surface area contributed by atoms with Gasteiger partial charge in [0.2, 0.25) is 5.95 Å². The molecule has 5 rings (SSSR count). The second-order valence-corrected chi connectivity index (χ2v) is 8.57. The summed E-state index contributed by atoms with van der Waals surface area (Å²) in [5.41, 5.74) is 1.84. The SMILES string of the molecule is Cn1c(Nc2ccc(C(F)(F)F)cc2)nc2cc(Oc3ccnc(CC(=O)C4CCCO4)c3)ccc21. The Labute approximate surface area is 204 Å². The smallest absolute Gasteiger partial charge is 0.416 e. The third kappa shape index (κ3) is 5.18. The van der Waals surface area contributed by atoms with E-state index in [1.165, 1.54) is 12.1 Å². The molecule has 10 heteroatoms. The highest BCUT2D eigenvalue weighted by Crippen LogP contribution is 2.31. The Morgan fingerprint density at radius 3 is 2.64 bits per heavy atom. The standard InChI is InChI=1S/C26H23F3N4O3/c1-33-22-9-8-19(36-20-10-11-30-18(13-20)14-23(34)24-3-2-12-35-24)15-21(22)32-25(33)31-17-6-4-16(5-7-17)26(27,28)29/h4-11,13,15,24H,2-3,12,14H2,1H3,(H,31,32). The highest BCUT2D eigenvalue weighted by Gasteiger charge is 2.30. The zero-order valence-electron chi connectivity index (χ0n) is 19.4. The highest BCUT2D eigenvalue weighted by atomic mass is 19.4. The van der Waals surface area contributed by atoms with E-state index in [4.69, 9.17) is 9.47 Å². The summed E-state index contributed by atoms with van der Waals surface area (Å²) in [4.78, 5) is 21.2. The normalized spacial score (nSPS) is 15.8. The fraction of sp³-hybridized carbons (Fsp3) is 0.269. The van der Waals surface area contributed by atoms with E-state index in [1.54, 1.807) is 35.0 Å². The van der Waals surface area contributed by atoms with E-state index < -0.39 is 11.7 Å². The number of ketones is 1. The lowest BCUT2D eigenvalue weighted by atomic mass is 10.1. The largest absolute Gasteiger partial charge is 0.457 e. The molecule has 0 amide bonds. The molecule has 1 atom stereocenters. The number of fused-ring (bicyclic) bond motifs is 1. The molecule has 0 bridgehead atoms. The molecule has 1 fully saturated rings. The summed E-state index contributed by atoms with van der Waals surface area (Å²) in [7, 11) is 1.81. The Bertz CT molecular complexity index is 1390. The zero-order valence-corrected chi connectivity index (χ0v) is 19.4. The number of hydrogen-bond acceptors (Lipinski definition) is 6. The summed E-state index contributed by atoms with van der Waals surface area (Å²) in [6.45, 7) is 0.616. The van der Waals surface area contributed by atoms with Gasteiger partial charge in [-0.2, -0.15) is 13.2 Å². The third-order valence-corrected chi connectivity index (χ3v) is 5.99. The van der Waals surface area contributed by atoms with Crippen molar-refractivity contribution in [3.63, 3.8) is 0 Å². The Hall–Kier alpha value is -3.92. The number of benzene rings is 2. The molecule has 1 N–H and O–H groups in total. The summed E-state index contributed by atoms with van der Waals surface area (Å²) < 4.78 is 51.7. The maximum Gasteiger partial charge on any atom is 0.416 e. The van der Waals surface area contributed by atoms with Gasteiger partial charge in [0.1, 0.15) is 17.6 Å². The number of carbonyl (C=O) groups is 1. The molecule has 3 heterocycles. The van der Waals surface area contributed by atoms with Crippen molar-refractivity contribution in [1.29, 1.82) is 0 Å². The molecule has 1 aliphatic rings. The quantitative estimate of drug-likeness (QED) is 0.348. The van der Waals surface area contributed by atoms with Crippen LogP contribution in [0.15, 0.2) is 60.8 Å². The summed E-state index contributed by atoms with van der Waals surface area (Å²) >= 11 is 0. The van der Waals surface area contributed by atoms with E-state index in [0.717, 1.165) is 30.5 Å². The van der Waals surface area contributed by atoms with E-state index in [-0.39, 0.29) is 18.3 Å². The molecule has 1 saturated heterocycles. The van der Waals surface area contributed by atoms with Crippen LogP contribution in [0.3, 0.4) is 0 Å². The maximum atomic E-state index is 12.8. The van der Waals surface area contributed by atoms with Crippen molar-refractivity contribution in [3.8, 4) is 11.5 Å². The molecular weight excluding hydrogens is 473 g/mol. The number of aromatic nitrogens is 3. The van der Waals surface area contributed by atoms with E-state index in [9.17, 15) is 18.0 Å². The molecule has 0 spiro atoms. The van der Waals surface area contributed by atoms with Gasteiger partial charge in [0, 0.05) is 37.7 Å². The van der Waals surface area contributed by atoms with Crippen LogP contribution in [0.1, 0.15) is 24.1 Å². The van der Waals surface area contributed by atoms with Gasteiger partial charge in [0.25, 0.3) is 0 Å². The van der Waals surface area contributed by atoms with Crippen LogP contribution in [0.25, 0.3) is 11.0 Å². The van der Waals surface area contributed by atoms with Crippen LogP contribution < -0.4 is 10.1 Å².